The van der Waals surface area contributed by atoms with Gasteiger partial charge in [-0.15, -0.1) is 0 Å². The van der Waals surface area contributed by atoms with Crippen LogP contribution >= 0.6 is 0 Å². The van der Waals surface area contributed by atoms with E-state index in [2.05, 4.69) is 15.7 Å². The zero-order valence-electron chi connectivity index (χ0n) is 19.1. The molecule has 9 heteroatoms. The van der Waals surface area contributed by atoms with E-state index in [0.717, 1.165) is 31.2 Å². The second-order valence-corrected chi connectivity index (χ2v) is 9.07. The van der Waals surface area contributed by atoms with Crippen LogP contribution in [-0.4, -0.2) is 50.5 Å². The van der Waals surface area contributed by atoms with Gasteiger partial charge in [-0.2, -0.15) is 5.10 Å². The summed E-state index contributed by atoms with van der Waals surface area (Å²) in [5.74, 6) is -1.27. The number of aromatic nitrogens is 2. The van der Waals surface area contributed by atoms with Crippen LogP contribution < -0.4 is 10.6 Å². The van der Waals surface area contributed by atoms with Crippen LogP contribution in [0.2, 0.25) is 0 Å². The molecule has 8 nitrogen and oxygen atoms in total. The Morgan fingerprint density at radius 1 is 1.21 bits per heavy atom. The average molecular weight is 456 g/mol. The van der Waals surface area contributed by atoms with Crippen LogP contribution in [0.25, 0.3) is 0 Å². The summed E-state index contributed by atoms with van der Waals surface area (Å²) < 4.78 is 14.5. The number of rotatable bonds is 7. The van der Waals surface area contributed by atoms with Crippen molar-refractivity contribution in [1.29, 1.82) is 0 Å². The van der Waals surface area contributed by atoms with Crippen molar-refractivity contribution in [2.24, 2.45) is 0 Å². The summed E-state index contributed by atoms with van der Waals surface area (Å²) in [5, 5.41) is 10.2. The quantitative estimate of drug-likeness (QED) is 0.671. The van der Waals surface area contributed by atoms with Crippen molar-refractivity contribution in [2.75, 3.05) is 6.54 Å². The largest absolute Gasteiger partial charge is 0.351 e. The first-order chi connectivity index (χ1) is 15.8. The zero-order valence-corrected chi connectivity index (χ0v) is 19.1. The van der Waals surface area contributed by atoms with E-state index in [9.17, 15) is 18.8 Å². The van der Waals surface area contributed by atoms with E-state index < -0.39 is 11.4 Å². The predicted octanol–water partition coefficient (Wildman–Crippen LogP) is 2.64. The Labute approximate surface area is 192 Å². The molecule has 1 fully saturated rings. The van der Waals surface area contributed by atoms with Gasteiger partial charge in [0.05, 0.1) is 6.54 Å². The standard InChI is InChI=1S/C24H30FN5O3/c1-3-12-29-22(32)20-13-19(21(31)26-14-16-8-10-17(25)11-9-16)28-30(20)15-24(29,2)23(33)27-18-6-4-5-7-18/h8-11,13,18H,3-7,12,14-15H2,1-2H3,(H,26,31)(H,27,33)/t24-/m0/s1. The first kappa shape index (κ1) is 22.9. The van der Waals surface area contributed by atoms with Gasteiger partial charge in [0.1, 0.15) is 17.1 Å². The highest BCUT2D eigenvalue weighted by Crippen LogP contribution is 2.29. The molecule has 1 aliphatic heterocycles. The van der Waals surface area contributed by atoms with E-state index >= 15 is 0 Å². The van der Waals surface area contributed by atoms with Crippen molar-refractivity contribution in [1.82, 2.24) is 25.3 Å². The molecule has 1 aliphatic carbocycles. The molecule has 0 saturated heterocycles. The van der Waals surface area contributed by atoms with E-state index in [1.165, 1.54) is 22.9 Å². The Morgan fingerprint density at radius 3 is 2.58 bits per heavy atom. The summed E-state index contributed by atoms with van der Waals surface area (Å²) in [5.41, 5.74) is 0.0604. The Hall–Kier alpha value is -3.23. The van der Waals surface area contributed by atoms with Crippen LogP contribution in [0.3, 0.4) is 0 Å². The Kier molecular flexibility index (Phi) is 6.49. The van der Waals surface area contributed by atoms with E-state index in [4.69, 9.17) is 0 Å². The molecule has 2 aromatic rings. The monoisotopic (exact) mass is 455 g/mol. The van der Waals surface area contributed by atoms with E-state index in [-0.39, 0.29) is 42.5 Å². The molecule has 1 aromatic heterocycles. The zero-order chi connectivity index (χ0) is 23.6. The lowest BCUT2D eigenvalue weighted by Crippen LogP contribution is -2.65. The van der Waals surface area contributed by atoms with Gasteiger partial charge >= 0.3 is 0 Å². The molecule has 3 amide bonds. The molecule has 2 aliphatic rings. The molecule has 1 aromatic carbocycles. The number of nitrogens with one attached hydrogen (secondary N) is 2. The highest BCUT2D eigenvalue weighted by Gasteiger charge is 2.48. The molecule has 0 spiro atoms. The highest BCUT2D eigenvalue weighted by molar-refractivity contribution is 6.01. The van der Waals surface area contributed by atoms with Gasteiger partial charge < -0.3 is 15.5 Å². The number of benzene rings is 1. The van der Waals surface area contributed by atoms with Crippen molar-refractivity contribution in [3.8, 4) is 0 Å². The maximum absolute atomic E-state index is 13.3. The minimum atomic E-state index is -1.09. The van der Waals surface area contributed by atoms with Gasteiger partial charge in [0, 0.05) is 25.2 Å². The molecule has 2 heterocycles. The summed E-state index contributed by atoms with van der Waals surface area (Å²) in [6.07, 6.45) is 4.80. The Bertz CT molecular complexity index is 1040. The third-order valence-electron chi connectivity index (χ3n) is 6.52. The molecule has 33 heavy (non-hydrogen) atoms. The average Bonchev–Trinajstić information content (AvgIpc) is 3.46. The lowest BCUT2D eigenvalue weighted by Gasteiger charge is -2.43. The number of carbonyl (C=O) groups excluding carboxylic acids is 3. The molecule has 1 saturated carbocycles. The molecule has 2 N–H and O–H groups in total. The fourth-order valence-electron chi connectivity index (χ4n) is 4.61. The molecule has 1 atom stereocenters. The first-order valence-corrected chi connectivity index (χ1v) is 11.5. The summed E-state index contributed by atoms with van der Waals surface area (Å²) in [6, 6.07) is 7.45. The SMILES string of the molecule is CCCN1C(=O)c2cc(C(=O)NCc3ccc(F)cc3)nn2C[C@@]1(C)C(=O)NC1CCCC1. The lowest BCUT2D eigenvalue weighted by molar-refractivity contribution is -0.133. The van der Waals surface area contributed by atoms with Crippen LogP contribution in [-0.2, 0) is 17.9 Å². The Morgan fingerprint density at radius 2 is 1.91 bits per heavy atom. The maximum atomic E-state index is 13.3. The number of carbonyl (C=O) groups is 3. The van der Waals surface area contributed by atoms with Gasteiger partial charge in [-0.05, 0) is 43.9 Å². The smallest absolute Gasteiger partial charge is 0.273 e. The van der Waals surface area contributed by atoms with Crippen molar-refractivity contribution in [3.05, 3.63) is 53.1 Å². The summed E-state index contributed by atoms with van der Waals surface area (Å²) in [7, 11) is 0. The van der Waals surface area contributed by atoms with E-state index in [0.29, 0.717) is 18.7 Å². The number of amides is 3. The third kappa shape index (κ3) is 4.62. The number of hydrogen-bond donors (Lipinski definition) is 2. The number of halogens is 1. The molecule has 0 radical (unpaired) electrons. The molecular formula is C24H30FN5O3. The van der Waals surface area contributed by atoms with Gasteiger partial charge in [0.25, 0.3) is 11.8 Å². The second kappa shape index (κ2) is 9.33. The number of fused-ring (bicyclic) bond motifs is 1. The molecule has 0 bridgehead atoms. The third-order valence-corrected chi connectivity index (χ3v) is 6.52. The topological polar surface area (TPSA) is 96.3 Å². The minimum absolute atomic E-state index is 0.109. The minimum Gasteiger partial charge on any atom is -0.351 e. The Balaban J connectivity index is 1.53. The number of nitrogens with zero attached hydrogens (tertiary/aromatic N) is 3. The fourth-order valence-corrected chi connectivity index (χ4v) is 4.61. The summed E-state index contributed by atoms with van der Waals surface area (Å²) in [4.78, 5) is 40.9. The normalized spacial score (nSPS) is 20.6. The maximum Gasteiger partial charge on any atom is 0.273 e. The van der Waals surface area contributed by atoms with Crippen molar-refractivity contribution in [3.63, 3.8) is 0 Å². The van der Waals surface area contributed by atoms with Crippen LogP contribution in [0.15, 0.2) is 30.3 Å². The van der Waals surface area contributed by atoms with Crippen LogP contribution in [0.1, 0.15) is 72.5 Å². The first-order valence-electron chi connectivity index (χ1n) is 11.5. The molecule has 176 valence electrons. The van der Waals surface area contributed by atoms with Crippen molar-refractivity contribution < 1.29 is 18.8 Å². The fraction of sp³-hybridized carbons (Fsp3) is 0.500. The van der Waals surface area contributed by atoms with Crippen LogP contribution in [0, 0.1) is 5.82 Å². The van der Waals surface area contributed by atoms with Crippen molar-refractivity contribution >= 4 is 17.7 Å². The summed E-state index contributed by atoms with van der Waals surface area (Å²) in [6.45, 7) is 4.55. The van der Waals surface area contributed by atoms with Crippen molar-refractivity contribution in [2.45, 2.75) is 70.6 Å². The second-order valence-electron chi connectivity index (χ2n) is 9.07. The van der Waals surface area contributed by atoms with Gasteiger partial charge in [0.2, 0.25) is 5.91 Å². The van der Waals surface area contributed by atoms with Gasteiger partial charge in [-0.1, -0.05) is 31.9 Å². The van der Waals surface area contributed by atoms with Crippen LogP contribution in [0.4, 0.5) is 4.39 Å². The van der Waals surface area contributed by atoms with Gasteiger partial charge in [-0.3, -0.25) is 19.1 Å². The predicted molar refractivity (Wildman–Crippen MR) is 120 cm³/mol. The summed E-state index contributed by atoms with van der Waals surface area (Å²) >= 11 is 0. The number of hydrogen-bond acceptors (Lipinski definition) is 4. The van der Waals surface area contributed by atoms with Gasteiger partial charge in [-0.25, -0.2) is 4.39 Å². The lowest BCUT2D eigenvalue weighted by atomic mass is 9.94. The highest BCUT2D eigenvalue weighted by atomic mass is 19.1. The molecule has 4 rings (SSSR count). The molecule has 0 unspecified atom stereocenters. The van der Waals surface area contributed by atoms with Crippen LogP contribution in [0.5, 0.6) is 0 Å². The molecular weight excluding hydrogens is 425 g/mol. The van der Waals surface area contributed by atoms with Gasteiger partial charge in [0.15, 0.2) is 5.69 Å². The van der Waals surface area contributed by atoms with E-state index in [1.807, 2.05) is 6.92 Å². The van der Waals surface area contributed by atoms with E-state index in [1.54, 1.807) is 24.0 Å².